The summed E-state index contributed by atoms with van der Waals surface area (Å²) in [5.74, 6) is -0.127. The molecule has 1 aromatic carbocycles. The number of benzene rings is 1. The molecule has 0 aromatic heterocycles. The van der Waals surface area contributed by atoms with E-state index in [0.29, 0.717) is 0 Å². The van der Waals surface area contributed by atoms with Crippen molar-refractivity contribution in [3.8, 4) is 0 Å². The highest BCUT2D eigenvalue weighted by atomic mass is 19.1. The van der Waals surface area contributed by atoms with Crippen molar-refractivity contribution < 1.29 is 13.9 Å². The van der Waals surface area contributed by atoms with E-state index in [1.807, 2.05) is 13.8 Å². The van der Waals surface area contributed by atoms with Gasteiger partial charge in [-0.2, -0.15) is 0 Å². The second-order valence-electron chi connectivity index (χ2n) is 7.20. The SMILES string of the molecule is COC(=O)[C@H](C(C)C)N1c2ccc(F)cc2[C@@H](C)CC1(C)C. The van der Waals surface area contributed by atoms with E-state index in [-0.39, 0.29) is 35.2 Å². The molecule has 3 nitrogen and oxygen atoms in total. The fraction of sp³-hybridized carbons (Fsp3) is 0.611. The van der Waals surface area contributed by atoms with Gasteiger partial charge in [0.2, 0.25) is 0 Å². The Morgan fingerprint density at radius 1 is 1.41 bits per heavy atom. The van der Waals surface area contributed by atoms with E-state index < -0.39 is 0 Å². The van der Waals surface area contributed by atoms with Gasteiger partial charge in [0, 0.05) is 11.2 Å². The number of methoxy groups -OCH3 is 1. The minimum absolute atomic E-state index is 0.0954. The summed E-state index contributed by atoms with van der Waals surface area (Å²) in [6.07, 6.45) is 0.865. The van der Waals surface area contributed by atoms with Gasteiger partial charge in [0.1, 0.15) is 11.9 Å². The van der Waals surface area contributed by atoms with Crippen molar-refractivity contribution in [2.24, 2.45) is 5.92 Å². The van der Waals surface area contributed by atoms with Crippen molar-refractivity contribution in [3.05, 3.63) is 29.6 Å². The molecule has 0 fully saturated rings. The second-order valence-corrected chi connectivity index (χ2v) is 7.20. The molecule has 0 N–H and O–H groups in total. The van der Waals surface area contributed by atoms with Gasteiger partial charge in [-0.25, -0.2) is 9.18 Å². The lowest BCUT2D eigenvalue weighted by molar-refractivity contribution is -0.143. The van der Waals surface area contributed by atoms with Gasteiger partial charge in [-0.15, -0.1) is 0 Å². The largest absolute Gasteiger partial charge is 0.467 e. The molecule has 0 aliphatic carbocycles. The molecular weight excluding hydrogens is 281 g/mol. The number of rotatable bonds is 3. The van der Waals surface area contributed by atoms with Crippen molar-refractivity contribution >= 4 is 11.7 Å². The highest BCUT2D eigenvalue weighted by Gasteiger charge is 2.44. The van der Waals surface area contributed by atoms with Crippen LogP contribution in [0.5, 0.6) is 0 Å². The van der Waals surface area contributed by atoms with Gasteiger partial charge in [-0.1, -0.05) is 20.8 Å². The molecule has 0 saturated carbocycles. The van der Waals surface area contributed by atoms with E-state index in [0.717, 1.165) is 17.7 Å². The number of nitrogens with zero attached hydrogens (tertiary/aromatic N) is 1. The zero-order chi connectivity index (χ0) is 16.7. The molecule has 1 aliphatic rings. The molecule has 0 saturated heterocycles. The van der Waals surface area contributed by atoms with Gasteiger partial charge in [0.05, 0.1) is 7.11 Å². The van der Waals surface area contributed by atoms with Gasteiger partial charge < -0.3 is 9.64 Å². The molecule has 0 unspecified atom stereocenters. The lowest BCUT2D eigenvalue weighted by Gasteiger charge is -2.51. The predicted octanol–water partition coefficient (Wildman–Crippen LogP) is 4.12. The molecular formula is C18H26FNO2. The van der Waals surface area contributed by atoms with Crippen LogP contribution in [0, 0.1) is 11.7 Å². The van der Waals surface area contributed by atoms with Gasteiger partial charge in [0.15, 0.2) is 0 Å². The maximum Gasteiger partial charge on any atom is 0.328 e. The lowest BCUT2D eigenvalue weighted by atomic mass is 9.78. The Morgan fingerprint density at radius 2 is 2.05 bits per heavy atom. The summed E-state index contributed by atoms with van der Waals surface area (Å²) in [5, 5.41) is 0. The summed E-state index contributed by atoms with van der Waals surface area (Å²) >= 11 is 0. The first-order chi connectivity index (χ1) is 10.2. The zero-order valence-electron chi connectivity index (χ0n) is 14.3. The third-order valence-corrected chi connectivity index (χ3v) is 4.59. The summed E-state index contributed by atoms with van der Waals surface area (Å²) in [7, 11) is 1.42. The predicted molar refractivity (Wildman–Crippen MR) is 86.6 cm³/mol. The average Bonchev–Trinajstić information content (AvgIpc) is 2.42. The van der Waals surface area contributed by atoms with Crippen LogP contribution in [0.15, 0.2) is 18.2 Å². The van der Waals surface area contributed by atoms with E-state index in [1.54, 1.807) is 12.1 Å². The molecule has 1 heterocycles. The van der Waals surface area contributed by atoms with Crippen LogP contribution in [-0.4, -0.2) is 24.7 Å². The number of anilines is 1. The van der Waals surface area contributed by atoms with Crippen LogP contribution in [0.4, 0.5) is 10.1 Å². The molecule has 1 aromatic rings. The average molecular weight is 307 g/mol. The topological polar surface area (TPSA) is 29.5 Å². The molecule has 0 radical (unpaired) electrons. The van der Waals surface area contributed by atoms with Crippen molar-refractivity contribution in [2.75, 3.05) is 12.0 Å². The maximum absolute atomic E-state index is 13.7. The molecule has 1 aliphatic heterocycles. The number of hydrogen-bond acceptors (Lipinski definition) is 3. The van der Waals surface area contributed by atoms with Crippen LogP contribution < -0.4 is 4.90 Å². The Labute approximate surface area is 132 Å². The highest BCUT2D eigenvalue weighted by Crippen LogP contribution is 2.45. The van der Waals surface area contributed by atoms with Crippen LogP contribution in [-0.2, 0) is 9.53 Å². The van der Waals surface area contributed by atoms with Crippen LogP contribution in [0.2, 0.25) is 0 Å². The second kappa shape index (κ2) is 5.90. The number of carbonyl (C=O) groups is 1. The maximum atomic E-state index is 13.7. The number of fused-ring (bicyclic) bond motifs is 1. The van der Waals surface area contributed by atoms with Crippen LogP contribution in [0.25, 0.3) is 0 Å². The molecule has 22 heavy (non-hydrogen) atoms. The summed E-state index contributed by atoms with van der Waals surface area (Å²) in [6.45, 7) is 10.4. The number of carbonyl (C=O) groups excluding carboxylic acids is 1. The first-order valence-corrected chi connectivity index (χ1v) is 7.85. The molecule has 4 heteroatoms. The Morgan fingerprint density at radius 3 is 2.59 bits per heavy atom. The van der Waals surface area contributed by atoms with Crippen LogP contribution in [0.3, 0.4) is 0 Å². The molecule has 0 bridgehead atoms. The number of hydrogen-bond donors (Lipinski definition) is 0. The summed E-state index contributed by atoms with van der Waals surface area (Å²) in [5.41, 5.74) is 1.70. The first-order valence-electron chi connectivity index (χ1n) is 7.85. The Hall–Kier alpha value is -1.58. The third kappa shape index (κ3) is 2.83. The Bertz CT molecular complexity index is 568. The van der Waals surface area contributed by atoms with Crippen molar-refractivity contribution in [3.63, 3.8) is 0 Å². The quantitative estimate of drug-likeness (QED) is 0.787. The molecule has 122 valence electrons. The van der Waals surface area contributed by atoms with Gasteiger partial charge in [-0.05, 0) is 55.9 Å². The monoisotopic (exact) mass is 307 g/mol. The molecule has 0 amide bonds. The van der Waals surface area contributed by atoms with Crippen LogP contribution in [0.1, 0.15) is 52.5 Å². The Kier molecular flexibility index (Phi) is 4.50. The molecule has 0 spiro atoms. The third-order valence-electron chi connectivity index (χ3n) is 4.59. The normalized spacial score (nSPS) is 21.5. The molecule has 2 rings (SSSR count). The summed E-state index contributed by atoms with van der Waals surface area (Å²) in [4.78, 5) is 14.5. The Balaban J connectivity index is 2.61. The highest BCUT2D eigenvalue weighted by molar-refractivity contribution is 5.82. The fourth-order valence-electron chi connectivity index (χ4n) is 3.75. The van der Waals surface area contributed by atoms with E-state index in [1.165, 1.54) is 13.2 Å². The zero-order valence-corrected chi connectivity index (χ0v) is 14.3. The van der Waals surface area contributed by atoms with E-state index in [4.69, 9.17) is 4.74 Å². The standard InChI is InChI=1S/C18H26FNO2/c1-11(2)16(17(21)22-6)20-15-8-7-13(19)9-14(15)12(3)10-18(20,4)5/h7-9,11-12,16H,10H2,1-6H3/t12-,16-/m0/s1. The number of ether oxygens (including phenoxy) is 1. The van der Waals surface area contributed by atoms with Crippen molar-refractivity contribution in [1.29, 1.82) is 0 Å². The van der Waals surface area contributed by atoms with E-state index >= 15 is 0 Å². The lowest BCUT2D eigenvalue weighted by Crippen LogP contribution is -2.58. The van der Waals surface area contributed by atoms with Gasteiger partial charge in [-0.3, -0.25) is 0 Å². The summed E-state index contributed by atoms with van der Waals surface area (Å²) < 4.78 is 18.7. The van der Waals surface area contributed by atoms with Gasteiger partial charge >= 0.3 is 5.97 Å². The number of halogens is 1. The minimum atomic E-state index is -0.378. The van der Waals surface area contributed by atoms with Crippen molar-refractivity contribution in [1.82, 2.24) is 0 Å². The summed E-state index contributed by atoms with van der Waals surface area (Å²) in [6, 6.07) is 4.48. The van der Waals surface area contributed by atoms with Crippen molar-refractivity contribution in [2.45, 2.75) is 58.5 Å². The smallest absolute Gasteiger partial charge is 0.328 e. The minimum Gasteiger partial charge on any atom is -0.467 e. The molecule has 2 atom stereocenters. The fourth-order valence-corrected chi connectivity index (χ4v) is 3.75. The van der Waals surface area contributed by atoms with E-state index in [9.17, 15) is 9.18 Å². The number of esters is 1. The van der Waals surface area contributed by atoms with E-state index in [2.05, 4.69) is 25.7 Å². The first kappa shape index (κ1) is 16.8. The van der Waals surface area contributed by atoms with Crippen LogP contribution >= 0.6 is 0 Å². The van der Waals surface area contributed by atoms with Gasteiger partial charge in [0.25, 0.3) is 0 Å².